The van der Waals surface area contributed by atoms with Gasteiger partial charge in [0.1, 0.15) is 5.82 Å². The van der Waals surface area contributed by atoms with Gasteiger partial charge in [0.2, 0.25) is 0 Å². The Balaban J connectivity index is 3.01. The van der Waals surface area contributed by atoms with Gasteiger partial charge in [0.25, 0.3) is 5.91 Å². The molecule has 1 rings (SSSR count). The zero-order chi connectivity index (χ0) is 15.1. The van der Waals surface area contributed by atoms with Crippen molar-refractivity contribution in [2.45, 2.75) is 34.1 Å². The molecule has 20 heavy (non-hydrogen) atoms. The lowest BCUT2D eigenvalue weighted by Gasteiger charge is -2.25. The summed E-state index contributed by atoms with van der Waals surface area (Å²) in [6.45, 7) is 10.6. The second-order valence-electron chi connectivity index (χ2n) is 4.94. The van der Waals surface area contributed by atoms with Crippen molar-refractivity contribution < 1.29 is 4.79 Å². The van der Waals surface area contributed by atoms with Gasteiger partial charge in [-0.3, -0.25) is 4.79 Å². The quantitative estimate of drug-likeness (QED) is 0.820. The fraction of sp³-hybridized carbons (Fsp3) is 0.600. The number of hydrogen-bond donors (Lipinski definition) is 1. The number of nitrogens with zero attached hydrogens (tertiary/aromatic N) is 2. The maximum absolute atomic E-state index is 12.7. The molecule has 112 valence electrons. The third-order valence-electron chi connectivity index (χ3n) is 3.33. The molecule has 1 unspecified atom stereocenters. The van der Waals surface area contributed by atoms with E-state index in [1.807, 2.05) is 24.8 Å². The zero-order valence-corrected chi connectivity index (χ0v) is 14.3. The Labute approximate surface area is 130 Å². The summed E-state index contributed by atoms with van der Waals surface area (Å²) in [5, 5.41) is 3.15. The van der Waals surface area contributed by atoms with Crippen LogP contribution in [0.2, 0.25) is 0 Å². The van der Waals surface area contributed by atoms with E-state index in [1.165, 1.54) is 0 Å². The molecule has 4 nitrogen and oxygen atoms in total. The number of amides is 1. The standard InChI is InChI=1S/C15H24BrN3O/c1-5-11(4)10-19(7-3)15(20)13-8-12(16)9-18-14(13)17-6-2/h8-9,11H,5-7,10H2,1-4H3,(H,17,18). The molecule has 5 heteroatoms. The molecule has 1 N–H and O–H groups in total. The minimum absolute atomic E-state index is 0.0394. The highest BCUT2D eigenvalue weighted by atomic mass is 79.9. The highest BCUT2D eigenvalue weighted by Crippen LogP contribution is 2.20. The number of aromatic nitrogens is 1. The molecule has 0 aliphatic heterocycles. The Bertz CT molecular complexity index is 451. The smallest absolute Gasteiger partial charge is 0.257 e. The van der Waals surface area contributed by atoms with Crippen LogP contribution in [0.3, 0.4) is 0 Å². The van der Waals surface area contributed by atoms with E-state index in [0.717, 1.165) is 24.0 Å². The van der Waals surface area contributed by atoms with E-state index < -0.39 is 0 Å². The monoisotopic (exact) mass is 341 g/mol. The molecule has 0 bridgehead atoms. The van der Waals surface area contributed by atoms with Crippen LogP contribution in [0, 0.1) is 5.92 Å². The minimum Gasteiger partial charge on any atom is -0.370 e. The molecule has 0 saturated heterocycles. The third kappa shape index (κ3) is 4.47. The van der Waals surface area contributed by atoms with Crippen LogP contribution in [0.4, 0.5) is 5.82 Å². The molecule has 0 aliphatic rings. The molecular weight excluding hydrogens is 318 g/mol. The highest BCUT2D eigenvalue weighted by Gasteiger charge is 2.20. The lowest BCUT2D eigenvalue weighted by molar-refractivity contribution is 0.0741. The van der Waals surface area contributed by atoms with Gasteiger partial charge in [0, 0.05) is 30.3 Å². The summed E-state index contributed by atoms with van der Waals surface area (Å²) in [6, 6.07) is 1.84. The normalized spacial score (nSPS) is 12.1. The maximum Gasteiger partial charge on any atom is 0.257 e. The molecule has 0 aliphatic carbocycles. The minimum atomic E-state index is 0.0394. The first-order valence-electron chi connectivity index (χ1n) is 7.22. The summed E-state index contributed by atoms with van der Waals surface area (Å²) in [4.78, 5) is 18.9. The molecule has 1 aromatic rings. The van der Waals surface area contributed by atoms with Gasteiger partial charge in [-0.25, -0.2) is 4.98 Å². The number of rotatable bonds is 7. The average molecular weight is 342 g/mol. The topological polar surface area (TPSA) is 45.2 Å². The third-order valence-corrected chi connectivity index (χ3v) is 3.76. The van der Waals surface area contributed by atoms with Crippen molar-refractivity contribution in [3.63, 3.8) is 0 Å². The first-order chi connectivity index (χ1) is 9.53. The Morgan fingerprint density at radius 3 is 2.70 bits per heavy atom. The predicted molar refractivity (Wildman–Crippen MR) is 87.1 cm³/mol. The van der Waals surface area contributed by atoms with E-state index in [4.69, 9.17) is 0 Å². The highest BCUT2D eigenvalue weighted by molar-refractivity contribution is 9.10. The van der Waals surface area contributed by atoms with Crippen LogP contribution in [0.1, 0.15) is 44.5 Å². The van der Waals surface area contributed by atoms with Crippen molar-refractivity contribution in [1.82, 2.24) is 9.88 Å². The fourth-order valence-corrected chi connectivity index (χ4v) is 2.27. The van der Waals surface area contributed by atoms with Crippen LogP contribution < -0.4 is 5.32 Å². The predicted octanol–water partition coefficient (Wildman–Crippen LogP) is 3.78. The van der Waals surface area contributed by atoms with Gasteiger partial charge in [-0.1, -0.05) is 20.3 Å². The molecule has 1 aromatic heterocycles. The Hall–Kier alpha value is -1.10. The van der Waals surface area contributed by atoms with E-state index in [1.54, 1.807) is 6.20 Å². The Kier molecular flexibility index (Phi) is 6.99. The van der Waals surface area contributed by atoms with Crippen LogP contribution in [0.5, 0.6) is 0 Å². The number of nitrogens with one attached hydrogen (secondary N) is 1. The van der Waals surface area contributed by atoms with Gasteiger partial charge >= 0.3 is 0 Å². The van der Waals surface area contributed by atoms with Gasteiger partial charge < -0.3 is 10.2 Å². The molecule has 0 fully saturated rings. The van der Waals surface area contributed by atoms with Gasteiger partial charge in [0.15, 0.2) is 0 Å². The van der Waals surface area contributed by atoms with Gasteiger partial charge in [-0.05, 0) is 41.8 Å². The Morgan fingerprint density at radius 1 is 1.45 bits per heavy atom. The fourth-order valence-electron chi connectivity index (χ4n) is 1.94. The molecule has 1 amide bonds. The number of carbonyl (C=O) groups excluding carboxylic acids is 1. The van der Waals surface area contributed by atoms with Crippen molar-refractivity contribution in [2.75, 3.05) is 25.0 Å². The second-order valence-corrected chi connectivity index (χ2v) is 5.85. The molecule has 0 spiro atoms. The first kappa shape index (κ1) is 17.0. The average Bonchev–Trinajstić information content (AvgIpc) is 2.45. The van der Waals surface area contributed by atoms with Gasteiger partial charge in [0.05, 0.1) is 5.56 Å². The largest absolute Gasteiger partial charge is 0.370 e. The van der Waals surface area contributed by atoms with Crippen molar-refractivity contribution >= 4 is 27.7 Å². The van der Waals surface area contributed by atoms with E-state index in [-0.39, 0.29) is 5.91 Å². The summed E-state index contributed by atoms with van der Waals surface area (Å²) in [7, 11) is 0. The molecule has 0 radical (unpaired) electrons. The lowest BCUT2D eigenvalue weighted by Crippen LogP contribution is -2.35. The van der Waals surface area contributed by atoms with Crippen molar-refractivity contribution in [2.24, 2.45) is 5.92 Å². The van der Waals surface area contributed by atoms with Crippen LogP contribution >= 0.6 is 15.9 Å². The van der Waals surface area contributed by atoms with Gasteiger partial charge in [-0.2, -0.15) is 0 Å². The summed E-state index contributed by atoms with van der Waals surface area (Å²) >= 11 is 3.39. The number of pyridine rings is 1. The molecule has 1 heterocycles. The van der Waals surface area contributed by atoms with E-state index >= 15 is 0 Å². The summed E-state index contributed by atoms with van der Waals surface area (Å²) < 4.78 is 0.821. The number of hydrogen-bond acceptors (Lipinski definition) is 3. The number of carbonyl (C=O) groups is 1. The molecule has 0 saturated carbocycles. The lowest BCUT2D eigenvalue weighted by atomic mass is 10.1. The summed E-state index contributed by atoms with van der Waals surface area (Å²) in [6.07, 6.45) is 2.78. The van der Waals surface area contributed by atoms with Crippen molar-refractivity contribution in [3.05, 3.63) is 22.3 Å². The molecule has 1 atom stereocenters. The summed E-state index contributed by atoms with van der Waals surface area (Å²) in [5.41, 5.74) is 0.631. The number of halogens is 1. The van der Waals surface area contributed by atoms with Crippen molar-refractivity contribution in [1.29, 1.82) is 0 Å². The van der Waals surface area contributed by atoms with Crippen molar-refractivity contribution in [3.8, 4) is 0 Å². The van der Waals surface area contributed by atoms with Crippen LogP contribution in [-0.2, 0) is 0 Å². The van der Waals surface area contributed by atoms with E-state index in [0.29, 0.717) is 23.8 Å². The van der Waals surface area contributed by atoms with Crippen LogP contribution in [0.25, 0.3) is 0 Å². The summed E-state index contributed by atoms with van der Waals surface area (Å²) in [5.74, 6) is 1.20. The second kappa shape index (κ2) is 8.25. The molecular formula is C15H24BrN3O. The van der Waals surface area contributed by atoms with E-state index in [9.17, 15) is 4.79 Å². The van der Waals surface area contributed by atoms with Gasteiger partial charge in [-0.15, -0.1) is 0 Å². The van der Waals surface area contributed by atoms with E-state index in [2.05, 4.69) is 40.1 Å². The first-order valence-corrected chi connectivity index (χ1v) is 8.01. The molecule has 0 aromatic carbocycles. The Morgan fingerprint density at radius 2 is 2.15 bits per heavy atom. The zero-order valence-electron chi connectivity index (χ0n) is 12.7. The maximum atomic E-state index is 12.7. The van der Waals surface area contributed by atoms with Crippen LogP contribution in [0.15, 0.2) is 16.7 Å². The van der Waals surface area contributed by atoms with Crippen LogP contribution in [-0.4, -0.2) is 35.4 Å². The number of anilines is 1. The SMILES string of the molecule is CCNc1ncc(Br)cc1C(=O)N(CC)CC(C)CC.